The maximum atomic E-state index is 12.0. The van der Waals surface area contributed by atoms with Gasteiger partial charge in [-0.2, -0.15) is 0 Å². The van der Waals surface area contributed by atoms with Crippen LogP contribution in [0.2, 0.25) is 15.1 Å². The van der Waals surface area contributed by atoms with Crippen molar-refractivity contribution in [3.8, 4) is 33.0 Å². The van der Waals surface area contributed by atoms with E-state index in [-0.39, 0.29) is 5.56 Å². The predicted molar refractivity (Wildman–Crippen MR) is 130 cm³/mol. The predicted octanol–water partition coefficient (Wildman–Crippen LogP) is 6.75. The monoisotopic (exact) mass is 504 g/mol. The van der Waals surface area contributed by atoms with Crippen molar-refractivity contribution in [2.45, 2.75) is 6.23 Å². The molecule has 0 radical (unpaired) electrons. The zero-order valence-electron chi connectivity index (χ0n) is 16.2. The number of carboxylic acid groups (broad SMARTS) is 1. The highest BCUT2D eigenvalue weighted by Gasteiger charge is 2.18. The Hall–Kier alpha value is -2.45. The summed E-state index contributed by atoms with van der Waals surface area (Å²) in [6, 6.07) is 15.0. The van der Waals surface area contributed by atoms with Crippen LogP contribution >= 0.6 is 46.1 Å². The number of benzene rings is 3. The smallest absolute Gasteiger partial charge is 0.336 e. The molecule has 0 saturated heterocycles. The average Bonchev–Trinajstić information content (AvgIpc) is 3.26. The van der Waals surface area contributed by atoms with Gasteiger partial charge in [-0.05, 0) is 41.5 Å². The van der Waals surface area contributed by atoms with E-state index in [1.807, 2.05) is 11.4 Å². The number of carbonyl (C=O) groups is 1. The third kappa shape index (κ3) is 4.52. The zero-order valence-corrected chi connectivity index (χ0v) is 19.3. The maximum absolute atomic E-state index is 12.0. The summed E-state index contributed by atoms with van der Waals surface area (Å²) in [6.07, 6.45) is -1.20. The Morgan fingerprint density at radius 1 is 0.906 bits per heavy atom. The number of hydrogen-bond acceptors (Lipinski definition) is 5. The zero-order chi connectivity index (χ0) is 23.0. The molecule has 0 aliphatic carbocycles. The van der Waals surface area contributed by atoms with Gasteiger partial charge in [0.1, 0.15) is 11.2 Å². The molecule has 1 atom stereocenters. The Bertz CT molecular complexity index is 1340. The number of halogens is 3. The summed E-state index contributed by atoms with van der Waals surface area (Å²) in [5.74, 6) is -1.11. The van der Waals surface area contributed by atoms with Gasteiger partial charge in [0.25, 0.3) is 0 Å². The van der Waals surface area contributed by atoms with Crippen LogP contribution in [0.15, 0.2) is 60.0 Å². The van der Waals surface area contributed by atoms with Crippen molar-refractivity contribution in [2.24, 2.45) is 5.73 Å². The fourth-order valence-corrected chi connectivity index (χ4v) is 4.56. The molecule has 1 aromatic heterocycles. The topological polar surface area (TPSA) is 96.4 Å². The van der Waals surface area contributed by atoms with E-state index in [0.29, 0.717) is 48.0 Å². The molecule has 0 bridgehead atoms. The van der Waals surface area contributed by atoms with Crippen molar-refractivity contribution in [2.75, 3.05) is 0 Å². The van der Waals surface area contributed by atoms with E-state index < -0.39 is 12.2 Å². The molecule has 0 spiro atoms. The second-order valence-corrected chi connectivity index (χ2v) is 9.00. The van der Waals surface area contributed by atoms with E-state index in [2.05, 4.69) is 4.98 Å². The first-order valence-corrected chi connectivity index (χ1v) is 11.3. The third-order valence-corrected chi connectivity index (χ3v) is 6.80. The van der Waals surface area contributed by atoms with Gasteiger partial charge in [0, 0.05) is 27.1 Å². The Kier molecular flexibility index (Phi) is 6.53. The fraction of sp³-hybridized carbons (Fsp3) is 0.0435. The summed E-state index contributed by atoms with van der Waals surface area (Å²) in [6.45, 7) is 0. The maximum Gasteiger partial charge on any atom is 0.336 e. The van der Waals surface area contributed by atoms with Gasteiger partial charge in [0.2, 0.25) is 0 Å². The van der Waals surface area contributed by atoms with Gasteiger partial charge in [-0.15, -0.1) is 11.3 Å². The number of nitrogens with zero attached hydrogens (tertiary/aromatic N) is 1. The van der Waals surface area contributed by atoms with Gasteiger partial charge in [0.15, 0.2) is 0 Å². The van der Waals surface area contributed by atoms with Crippen LogP contribution in [0.25, 0.3) is 33.0 Å². The van der Waals surface area contributed by atoms with E-state index in [4.69, 9.17) is 40.5 Å². The lowest BCUT2D eigenvalue weighted by Crippen LogP contribution is -2.08. The lowest BCUT2D eigenvalue weighted by atomic mass is 9.96. The quantitative estimate of drug-likeness (QED) is 0.261. The molecular weight excluding hydrogens is 491 g/mol. The van der Waals surface area contributed by atoms with Crippen LogP contribution < -0.4 is 5.73 Å². The first-order chi connectivity index (χ1) is 15.2. The van der Waals surface area contributed by atoms with Gasteiger partial charge >= 0.3 is 5.97 Å². The highest BCUT2D eigenvalue weighted by atomic mass is 35.5. The summed E-state index contributed by atoms with van der Waals surface area (Å²) in [4.78, 5) is 16.7. The molecule has 0 fully saturated rings. The summed E-state index contributed by atoms with van der Waals surface area (Å²) in [5.41, 5.74) is 9.07. The second-order valence-electron chi connectivity index (χ2n) is 6.92. The molecule has 162 valence electrons. The standard InChI is InChI=1S/C23H15Cl3N2O3S/c24-17-5-3-12(21(27)29)7-15(17)14-4-1-13(8-16(14)23(30)31)22-28-20(10-32-22)11-2-6-18(25)19(26)9-11/h1-10,21,29H,27H2,(H,30,31). The molecule has 5 nitrogen and oxygen atoms in total. The number of aromatic nitrogens is 1. The van der Waals surface area contributed by atoms with Crippen molar-refractivity contribution in [1.82, 2.24) is 4.98 Å². The summed E-state index contributed by atoms with van der Waals surface area (Å²) < 4.78 is 0. The molecule has 9 heteroatoms. The normalized spacial score (nSPS) is 12.0. The van der Waals surface area contributed by atoms with Crippen molar-refractivity contribution >= 4 is 52.1 Å². The Balaban J connectivity index is 1.77. The lowest BCUT2D eigenvalue weighted by molar-refractivity contribution is 0.0697. The Morgan fingerprint density at radius 2 is 1.62 bits per heavy atom. The van der Waals surface area contributed by atoms with Crippen LogP contribution in [0, 0.1) is 0 Å². The van der Waals surface area contributed by atoms with Gasteiger partial charge in [-0.3, -0.25) is 0 Å². The molecule has 0 amide bonds. The van der Waals surface area contributed by atoms with E-state index in [1.165, 1.54) is 11.3 Å². The fourth-order valence-electron chi connectivity index (χ4n) is 3.22. The number of aliphatic hydroxyl groups excluding tert-OH is 1. The Morgan fingerprint density at radius 3 is 2.31 bits per heavy atom. The van der Waals surface area contributed by atoms with Crippen molar-refractivity contribution in [3.05, 3.63) is 86.2 Å². The second kappa shape index (κ2) is 9.19. The van der Waals surface area contributed by atoms with E-state index in [1.54, 1.807) is 48.5 Å². The average molecular weight is 506 g/mol. The lowest BCUT2D eigenvalue weighted by Gasteiger charge is -2.13. The highest BCUT2D eigenvalue weighted by molar-refractivity contribution is 7.13. The SMILES string of the molecule is NC(O)c1ccc(Cl)c(-c2ccc(-c3nc(-c4ccc(Cl)c(Cl)c4)cs3)cc2C(=O)O)c1. The minimum Gasteiger partial charge on any atom is -0.478 e. The molecule has 3 aromatic carbocycles. The minimum atomic E-state index is -1.20. The van der Waals surface area contributed by atoms with Crippen LogP contribution in [0.3, 0.4) is 0 Å². The first kappa shape index (κ1) is 22.7. The third-order valence-electron chi connectivity index (χ3n) is 4.84. The molecular formula is C23H15Cl3N2O3S. The summed E-state index contributed by atoms with van der Waals surface area (Å²) in [7, 11) is 0. The molecule has 4 N–H and O–H groups in total. The molecule has 4 rings (SSSR count). The highest BCUT2D eigenvalue weighted by Crippen LogP contribution is 2.37. The van der Waals surface area contributed by atoms with Crippen LogP contribution in [0.4, 0.5) is 0 Å². The number of hydrogen-bond donors (Lipinski definition) is 3. The van der Waals surface area contributed by atoms with E-state index >= 15 is 0 Å². The Labute approximate surface area is 202 Å². The number of carboxylic acids is 1. The minimum absolute atomic E-state index is 0.0550. The molecule has 4 aromatic rings. The molecule has 0 saturated carbocycles. The van der Waals surface area contributed by atoms with Gasteiger partial charge in [-0.25, -0.2) is 9.78 Å². The van der Waals surface area contributed by atoms with Gasteiger partial charge < -0.3 is 15.9 Å². The van der Waals surface area contributed by atoms with Crippen molar-refractivity contribution < 1.29 is 15.0 Å². The van der Waals surface area contributed by atoms with Crippen molar-refractivity contribution in [3.63, 3.8) is 0 Å². The number of nitrogens with two attached hydrogens (primary N) is 1. The van der Waals surface area contributed by atoms with E-state index in [9.17, 15) is 15.0 Å². The number of aromatic carboxylic acids is 1. The number of thiazole rings is 1. The van der Waals surface area contributed by atoms with Crippen LogP contribution in [0.5, 0.6) is 0 Å². The molecule has 32 heavy (non-hydrogen) atoms. The van der Waals surface area contributed by atoms with Crippen LogP contribution in [0.1, 0.15) is 22.1 Å². The number of rotatable bonds is 5. The van der Waals surface area contributed by atoms with Crippen LogP contribution in [-0.4, -0.2) is 21.2 Å². The molecule has 0 aliphatic rings. The molecule has 0 aliphatic heterocycles. The van der Waals surface area contributed by atoms with Crippen molar-refractivity contribution in [1.29, 1.82) is 0 Å². The number of aliphatic hydroxyl groups is 1. The summed E-state index contributed by atoms with van der Waals surface area (Å²) >= 11 is 19.8. The van der Waals surface area contributed by atoms with Gasteiger partial charge in [-0.1, -0.05) is 59.1 Å². The molecule has 1 unspecified atom stereocenters. The van der Waals surface area contributed by atoms with Gasteiger partial charge in [0.05, 0.1) is 21.3 Å². The molecule has 1 heterocycles. The largest absolute Gasteiger partial charge is 0.478 e. The first-order valence-electron chi connectivity index (χ1n) is 9.26. The van der Waals surface area contributed by atoms with Crippen LogP contribution in [-0.2, 0) is 0 Å². The summed E-state index contributed by atoms with van der Waals surface area (Å²) in [5, 5.41) is 23.3. The van der Waals surface area contributed by atoms with E-state index in [0.717, 1.165) is 5.56 Å².